The summed E-state index contributed by atoms with van der Waals surface area (Å²) in [6, 6.07) is 9.66. The van der Waals surface area contributed by atoms with Gasteiger partial charge in [0.25, 0.3) is 5.91 Å². The highest BCUT2D eigenvalue weighted by Gasteiger charge is 2.23. The molecule has 0 radical (unpaired) electrons. The highest BCUT2D eigenvalue weighted by molar-refractivity contribution is 5.96. The van der Waals surface area contributed by atoms with Crippen LogP contribution in [0.25, 0.3) is 11.0 Å². The summed E-state index contributed by atoms with van der Waals surface area (Å²) < 4.78 is 1.69. The summed E-state index contributed by atoms with van der Waals surface area (Å²) >= 11 is 0. The molecule has 136 valence electrons. The molecular formula is C19H19N7O. The first kappa shape index (κ1) is 17.0. The van der Waals surface area contributed by atoms with Crippen molar-refractivity contribution in [2.75, 3.05) is 18.4 Å². The fourth-order valence-corrected chi connectivity index (χ4v) is 3.32. The molecule has 0 saturated carbocycles. The van der Waals surface area contributed by atoms with Gasteiger partial charge in [-0.3, -0.25) is 9.48 Å². The normalized spacial score (nSPS) is 14.9. The molecule has 1 saturated heterocycles. The molecule has 2 aromatic heterocycles. The molecule has 1 fully saturated rings. The van der Waals surface area contributed by atoms with Crippen molar-refractivity contribution in [1.82, 2.24) is 24.6 Å². The number of fused-ring (bicyclic) bond motifs is 1. The fraction of sp³-hybridized carbons (Fsp3) is 0.316. The SMILES string of the molecule is Cn1ncc2c(Nc3cccc(C(=O)N4CCC(C#N)CC4)c3)ncnc21. The summed E-state index contributed by atoms with van der Waals surface area (Å²) in [4.78, 5) is 23.1. The fourth-order valence-electron chi connectivity index (χ4n) is 3.32. The van der Waals surface area contributed by atoms with Gasteiger partial charge in [-0.05, 0) is 31.0 Å². The van der Waals surface area contributed by atoms with Crippen molar-refractivity contribution in [2.24, 2.45) is 13.0 Å². The molecule has 0 aliphatic carbocycles. The second kappa shape index (κ2) is 7.03. The predicted octanol–water partition coefficient (Wildman–Crippen LogP) is 2.48. The molecule has 8 heteroatoms. The van der Waals surface area contributed by atoms with E-state index in [0.29, 0.717) is 24.5 Å². The van der Waals surface area contributed by atoms with E-state index < -0.39 is 0 Å². The summed E-state index contributed by atoms with van der Waals surface area (Å²) in [6.07, 6.45) is 4.67. The van der Waals surface area contributed by atoms with E-state index in [4.69, 9.17) is 5.26 Å². The number of carbonyl (C=O) groups is 1. The van der Waals surface area contributed by atoms with Gasteiger partial charge in [-0.1, -0.05) is 6.07 Å². The van der Waals surface area contributed by atoms with Crippen LogP contribution in [-0.4, -0.2) is 43.6 Å². The van der Waals surface area contributed by atoms with Gasteiger partial charge in [0.1, 0.15) is 12.1 Å². The number of benzene rings is 1. The third-order valence-electron chi connectivity index (χ3n) is 4.87. The first-order chi connectivity index (χ1) is 13.2. The molecular weight excluding hydrogens is 342 g/mol. The van der Waals surface area contributed by atoms with E-state index in [2.05, 4.69) is 26.5 Å². The van der Waals surface area contributed by atoms with Crippen LogP contribution in [0.4, 0.5) is 11.5 Å². The Kier molecular flexibility index (Phi) is 4.42. The van der Waals surface area contributed by atoms with E-state index in [-0.39, 0.29) is 11.8 Å². The smallest absolute Gasteiger partial charge is 0.253 e. The number of amides is 1. The Balaban J connectivity index is 1.54. The van der Waals surface area contributed by atoms with Gasteiger partial charge in [0.2, 0.25) is 0 Å². The number of anilines is 2. The lowest BCUT2D eigenvalue weighted by molar-refractivity contribution is 0.0707. The molecule has 1 amide bonds. The number of piperidine rings is 1. The summed E-state index contributed by atoms with van der Waals surface area (Å²) in [5, 5.41) is 17.3. The van der Waals surface area contributed by atoms with Gasteiger partial charge < -0.3 is 10.2 Å². The lowest BCUT2D eigenvalue weighted by atomic mass is 9.98. The second-order valence-electron chi connectivity index (χ2n) is 6.63. The lowest BCUT2D eigenvalue weighted by Gasteiger charge is -2.29. The number of aromatic nitrogens is 4. The first-order valence-corrected chi connectivity index (χ1v) is 8.84. The van der Waals surface area contributed by atoms with Crippen LogP contribution in [0.5, 0.6) is 0 Å². The number of likely N-dealkylation sites (tertiary alicyclic amines) is 1. The zero-order valence-corrected chi connectivity index (χ0v) is 15.0. The van der Waals surface area contributed by atoms with Crippen molar-refractivity contribution in [1.29, 1.82) is 5.26 Å². The Labute approximate surface area is 156 Å². The molecule has 4 rings (SSSR count). The van der Waals surface area contributed by atoms with Gasteiger partial charge >= 0.3 is 0 Å². The average Bonchev–Trinajstić information content (AvgIpc) is 3.10. The van der Waals surface area contributed by atoms with Crippen molar-refractivity contribution in [2.45, 2.75) is 12.8 Å². The Morgan fingerprint density at radius 2 is 2.11 bits per heavy atom. The number of nitrogens with zero attached hydrogens (tertiary/aromatic N) is 6. The molecule has 0 bridgehead atoms. The van der Waals surface area contributed by atoms with Crippen LogP contribution >= 0.6 is 0 Å². The first-order valence-electron chi connectivity index (χ1n) is 8.84. The van der Waals surface area contributed by atoms with Crippen LogP contribution in [-0.2, 0) is 7.05 Å². The van der Waals surface area contributed by atoms with E-state index in [1.165, 1.54) is 6.33 Å². The van der Waals surface area contributed by atoms with Crippen LogP contribution in [0.1, 0.15) is 23.2 Å². The van der Waals surface area contributed by atoms with Crippen LogP contribution in [0.2, 0.25) is 0 Å². The van der Waals surface area contributed by atoms with Crippen LogP contribution in [0.3, 0.4) is 0 Å². The molecule has 1 aliphatic heterocycles. The Morgan fingerprint density at radius 1 is 1.30 bits per heavy atom. The topological polar surface area (TPSA) is 99.7 Å². The number of carbonyl (C=O) groups excluding carboxylic acids is 1. The summed E-state index contributed by atoms with van der Waals surface area (Å²) in [6.45, 7) is 1.24. The molecule has 27 heavy (non-hydrogen) atoms. The lowest BCUT2D eigenvalue weighted by Crippen LogP contribution is -2.38. The molecule has 1 aliphatic rings. The van der Waals surface area contributed by atoms with E-state index in [1.807, 2.05) is 36.2 Å². The molecule has 3 heterocycles. The number of rotatable bonds is 3. The van der Waals surface area contributed by atoms with E-state index >= 15 is 0 Å². The molecule has 0 atom stereocenters. The van der Waals surface area contributed by atoms with Gasteiger partial charge in [-0.2, -0.15) is 10.4 Å². The van der Waals surface area contributed by atoms with Crippen molar-refractivity contribution in [3.8, 4) is 6.07 Å². The van der Waals surface area contributed by atoms with Crippen molar-refractivity contribution in [3.05, 3.63) is 42.4 Å². The predicted molar refractivity (Wildman–Crippen MR) is 100 cm³/mol. The van der Waals surface area contributed by atoms with Gasteiger partial charge in [-0.25, -0.2) is 9.97 Å². The molecule has 3 aromatic rings. The minimum Gasteiger partial charge on any atom is -0.339 e. The minimum absolute atomic E-state index is 0.00995. The van der Waals surface area contributed by atoms with Gasteiger partial charge in [0.05, 0.1) is 17.7 Å². The van der Waals surface area contributed by atoms with E-state index in [9.17, 15) is 4.79 Å². The van der Waals surface area contributed by atoms with Crippen molar-refractivity contribution >= 4 is 28.4 Å². The van der Waals surface area contributed by atoms with E-state index in [0.717, 1.165) is 29.6 Å². The minimum atomic E-state index is -0.00995. The summed E-state index contributed by atoms with van der Waals surface area (Å²) in [5.74, 6) is 0.693. The highest BCUT2D eigenvalue weighted by atomic mass is 16.2. The number of aryl methyl sites for hydroxylation is 1. The Bertz CT molecular complexity index is 1030. The summed E-state index contributed by atoms with van der Waals surface area (Å²) in [5.41, 5.74) is 2.13. The maximum atomic E-state index is 12.8. The third-order valence-corrected chi connectivity index (χ3v) is 4.87. The van der Waals surface area contributed by atoms with Crippen LogP contribution in [0, 0.1) is 17.2 Å². The molecule has 8 nitrogen and oxygen atoms in total. The average molecular weight is 361 g/mol. The summed E-state index contributed by atoms with van der Waals surface area (Å²) in [7, 11) is 1.83. The van der Waals surface area contributed by atoms with Gasteiger partial charge in [0.15, 0.2) is 5.65 Å². The number of hydrogen-bond donors (Lipinski definition) is 1. The standard InChI is InChI=1S/C19H19N7O/c1-25-18-16(11-23-25)17(21-12-22-18)24-15-4-2-3-14(9-15)19(27)26-7-5-13(10-20)6-8-26/h2-4,9,11-13H,5-8H2,1H3,(H,21,22,24). The van der Waals surface area contributed by atoms with Gasteiger partial charge in [-0.15, -0.1) is 0 Å². The van der Waals surface area contributed by atoms with Gasteiger partial charge in [0, 0.05) is 37.3 Å². The molecule has 0 spiro atoms. The van der Waals surface area contributed by atoms with Crippen LogP contribution in [0.15, 0.2) is 36.8 Å². The zero-order chi connectivity index (χ0) is 18.8. The van der Waals surface area contributed by atoms with Crippen molar-refractivity contribution in [3.63, 3.8) is 0 Å². The monoisotopic (exact) mass is 361 g/mol. The van der Waals surface area contributed by atoms with E-state index in [1.54, 1.807) is 10.9 Å². The quantitative estimate of drug-likeness (QED) is 0.769. The molecule has 1 N–H and O–H groups in total. The number of nitrogens with one attached hydrogen (secondary N) is 1. The molecule has 0 unspecified atom stereocenters. The third kappa shape index (κ3) is 3.31. The zero-order valence-electron chi connectivity index (χ0n) is 15.0. The maximum absolute atomic E-state index is 12.8. The number of nitriles is 1. The number of hydrogen-bond acceptors (Lipinski definition) is 6. The maximum Gasteiger partial charge on any atom is 0.253 e. The largest absolute Gasteiger partial charge is 0.339 e. The Hall–Kier alpha value is -3.47. The Morgan fingerprint density at radius 3 is 2.89 bits per heavy atom. The highest BCUT2D eigenvalue weighted by Crippen LogP contribution is 2.24. The molecule has 1 aromatic carbocycles. The van der Waals surface area contributed by atoms with Crippen molar-refractivity contribution < 1.29 is 4.79 Å². The second-order valence-corrected chi connectivity index (χ2v) is 6.63. The van der Waals surface area contributed by atoms with Crippen LogP contribution < -0.4 is 5.32 Å².